The molecule has 0 aliphatic heterocycles. The predicted molar refractivity (Wildman–Crippen MR) is 73.7 cm³/mol. The van der Waals surface area contributed by atoms with E-state index < -0.39 is 0 Å². The number of aromatic nitrogens is 1. The molecule has 0 aliphatic carbocycles. The van der Waals surface area contributed by atoms with Crippen LogP contribution in [-0.4, -0.2) is 16.5 Å². The van der Waals surface area contributed by atoms with E-state index in [2.05, 4.69) is 0 Å². The number of carbonyl (C=O) groups is 1. The van der Waals surface area contributed by atoms with Crippen molar-refractivity contribution in [2.45, 2.75) is 11.8 Å². The monoisotopic (exact) mass is 281 g/mol. The summed E-state index contributed by atoms with van der Waals surface area (Å²) in [5.41, 5.74) is 0.866. The zero-order chi connectivity index (χ0) is 13.0. The summed E-state index contributed by atoms with van der Waals surface area (Å²) in [6.07, 6.45) is 3.81. The van der Waals surface area contributed by atoms with Gasteiger partial charge in [-0.15, -0.1) is 0 Å². The fourth-order valence-electron chi connectivity index (χ4n) is 1.51. The van der Waals surface area contributed by atoms with Gasteiger partial charge in [0.25, 0.3) is 0 Å². The lowest BCUT2D eigenvalue weighted by atomic mass is 10.3. The lowest BCUT2D eigenvalue weighted by Crippen LogP contribution is -1.99. The van der Waals surface area contributed by atoms with E-state index in [0.29, 0.717) is 11.6 Å². The smallest absolute Gasteiger partial charge is 0.372 e. The average Bonchev–Trinajstić information content (AvgIpc) is 2.85. The summed E-state index contributed by atoms with van der Waals surface area (Å²) in [5, 5.41) is 0.320. The predicted octanol–water partition coefficient (Wildman–Crippen LogP) is 4.38. The largest absolute Gasteiger partial charge is 0.458 e. The lowest BCUT2D eigenvalue weighted by molar-refractivity contribution is 0.181. The van der Waals surface area contributed by atoms with Crippen molar-refractivity contribution in [1.29, 1.82) is 0 Å². The number of ether oxygens (including phenoxy) is 1. The molecule has 0 radical (unpaired) electrons. The normalized spacial score (nSPS) is 10.3. The molecular formula is C13H12ClNO2S. The highest BCUT2D eigenvalue weighted by molar-refractivity contribution is 8.13. The van der Waals surface area contributed by atoms with E-state index in [9.17, 15) is 4.79 Å². The molecule has 0 atom stereocenters. The van der Waals surface area contributed by atoms with Crippen LogP contribution in [0.25, 0.3) is 5.69 Å². The number of nitrogens with zero attached hydrogens (tertiary/aromatic N) is 1. The molecule has 5 heteroatoms. The molecule has 0 unspecified atom stereocenters. The fraction of sp³-hybridized carbons (Fsp3) is 0.154. The van der Waals surface area contributed by atoms with Gasteiger partial charge in [-0.2, -0.15) is 0 Å². The van der Waals surface area contributed by atoms with Gasteiger partial charge in [-0.05, 0) is 49.0 Å². The van der Waals surface area contributed by atoms with Crippen molar-refractivity contribution in [3.05, 3.63) is 47.7 Å². The Balaban J connectivity index is 2.32. The van der Waals surface area contributed by atoms with Crippen molar-refractivity contribution in [2.24, 2.45) is 0 Å². The topological polar surface area (TPSA) is 31.2 Å². The maximum absolute atomic E-state index is 11.5. The number of hydrogen-bond acceptors (Lipinski definition) is 3. The van der Waals surface area contributed by atoms with Gasteiger partial charge in [0.2, 0.25) is 0 Å². The van der Waals surface area contributed by atoms with Crippen molar-refractivity contribution in [3.63, 3.8) is 0 Å². The molecule has 0 N–H and O–H groups in total. The van der Waals surface area contributed by atoms with Gasteiger partial charge in [0, 0.05) is 22.3 Å². The molecule has 1 aromatic heterocycles. The van der Waals surface area contributed by atoms with Gasteiger partial charge in [0.15, 0.2) is 0 Å². The van der Waals surface area contributed by atoms with Crippen LogP contribution in [0.4, 0.5) is 4.79 Å². The van der Waals surface area contributed by atoms with Gasteiger partial charge >= 0.3 is 5.30 Å². The first-order valence-electron chi connectivity index (χ1n) is 5.48. The zero-order valence-corrected chi connectivity index (χ0v) is 11.4. The van der Waals surface area contributed by atoms with Crippen molar-refractivity contribution in [1.82, 2.24) is 4.57 Å². The molecule has 0 saturated heterocycles. The molecule has 2 rings (SSSR count). The van der Waals surface area contributed by atoms with Crippen LogP contribution in [0.3, 0.4) is 0 Å². The van der Waals surface area contributed by atoms with Gasteiger partial charge in [0.1, 0.15) is 0 Å². The van der Waals surface area contributed by atoms with E-state index in [-0.39, 0.29) is 5.30 Å². The van der Waals surface area contributed by atoms with E-state index in [4.69, 9.17) is 16.3 Å². The second kappa shape index (κ2) is 5.98. The van der Waals surface area contributed by atoms with Crippen LogP contribution >= 0.6 is 23.4 Å². The highest BCUT2D eigenvalue weighted by Crippen LogP contribution is 2.30. The Morgan fingerprint density at radius 2 is 2.11 bits per heavy atom. The zero-order valence-electron chi connectivity index (χ0n) is 9.80. The first kappa shape index (κ1) is 13.1. The molecule has 0 fully saturated rings. The summed E-state index contributed by atoms with van der Waals surface area (Å²) in [6.45, 7) is 2.16. The second-order valence-corrected chi connectivity index (χ2v) is 4.90. The van der Waals surface area contributed by atoms with Crippen LogP contribution in [0.2, 0.25) is 5.02 Å². The summed E-state index contributed by atoms with van der Waals surface area (Å²) in [4.78, 5) is 12.3. The SMILES string of the molecule is CCOC(=O)Sc1ccc(Cl)cc1-n1cccc1. The highest BCUT2D eigenvalue weighted by Gasteiger charge is 2.11. The molecule has 1 heterocycles. The summed E-state index contributed by atoms with van der Waals surface area (Å²) in [7, 11) is 0. The maximum atomic E-state index is 11.5. The van der Waals surface area contributed by atoms with Crippen LogP contribution < -0.4 is 0 Å². The van der Waals surface area contributed by atoms with Crippen molar-refractivity contribution in [3.8, 4) is 5.69 Å². The van der Waals surface area contributed by atoms with Crippen LogP contribution in [0.5, 0.6) is 0 Å². The van der Waals surface area contributed by atoms with Gasteiger partial charge < -0.3 is 9.30 Å². The molecule has 3 nitrogen and oxygen atoms in total. The Morgan fingerprint density at radius 1 is 1.39 bits per heavy atom. The molecule has 2 aromatic rings. The molecule has 0 saturated carbocycles. The van der Waals surface area contributed by atoms with Gasteiger partial charge in [-0.1, -0.05) is 11.6 Å². The van der Waals surface area contributed by atoms with E-state index in [1.54, 1.807) is 13.0 Å². The minimum Gasteiger partial charge on any atom is -0.458 e. The van der Waals surface area contributed by atoms with Crippen LogP contribution in [0.15, 0.2) is 47.6 Å². The Labute approximate surface area is 115 Å². The van der Waals surface area contributed by atoms with E-state index >= 15 is 0 Å². The third kappa shape index (κ3) is 3.09. The minimum atomic E-state index is -0.312. The molecule has 1 aromatic carbocycles. The quantitative estimate of drug-likeness (QED) is 0.618. The van der Waals surface area contributed by atoms with Gasteiger partial charge in [0.05, 0.1) is 12.3 Å². The van der Waals surface area contributed by atoms with Crippen LogP contribution in [0, 0.1) is 0 Å². The summed E-state index contributed by atoms with van der Waals surface area (Å²) in [5.74, 6) is 0. The Morgan fingerprint density at radius 3 is 2.78 bits per heavy atom. The third-order valence-corrected chi connectivity index (χ3v) is 3.34. The summed E-state index contributed by atoms with van der Waals surface area (Å²) < 4.78 is 6.84. The molecule has 0 spiro atoms. The Bertz CT molecular complexity index is 540. The summed E-state index contributed by atoms with van der Waals surface area (Å²) in [6, 6.07) is 9.23. The number of thioether (sulfide) groups is 1. The molecular weight excluding hydrogens is 270 g/mol. The standard InChI is InChI=1S/C13H12ClNO2S/c1-2-17-13(16)18-12-6-5-10(14)9-11(12)15-7-3-4-8-15/h3-9H,2H2,1H3. The molecule has 18 heavy (non-hydrogen) atoms. The Hall–Kier alpha value is -1.39. The molecule has 0 bridgehead atoms. The van der Waals surface area contributed by atoms with Crippen molar-refractivity contribution in [2.75, 3.05) is 6.61 Å². The molecule has 0 aliphatic rings. The van der Waals surface area contributed by atoms with Gasteiger partial charge in [-0.25, -0.2) is 4.79 Å². The third-order valence-electron chi connectivity index (χ3n) is 2.26. The first-order valence-corrected chi connectivity index (χ1v) is 6.67. The van der Waals surface area contributed by atoms with Crippen molar-refractivity contribution < 1.29 is 9.53 Å². The molecule has 94 valence electrons. The minimum absolute atomic E-state index is 0.312. The number of rotatable bonds is 3. The van der Waals surface area contributed by atoms with Gasteiger partial charge in [-0.3, -0.25) is 0 Å². The number of benzene rings is 1. The average molecular weight is 282 g/mol. The maximum Gasteiger partial charge on any atom is 0.372 e. The number of hydrogen-bond donors (Lipinski definition) is 0. The number of halogens is 1. The highest BCUT2D eigenvalue weighted by atomic mass is 35.5. The fourth-order valence-corrected chi connectivity index (χ4v) is 2.44. The van der Waals surface area contributed by atoms with Crippen molar-refractivity contribution >= 4 is 28.7 Å². The van der Waals surface area contributed by atoms with E-state index in [1.807, 2.05) is 41.2 Å². The van der Waals surface area contributed by atoms with Crippen LogP contribution in [-0.2, 0) is 4.74 Å². The number of carbonyl (C=O) groups excluding carboxylic acids is 1. The first-order chi connectivity index (χ1) is 8.70. The Kier molecular flexibility index (Phi) is 4.33. The second-order valence-electron chi connectivity index (χ2n) is 3.49. The lowest BCUT2D eigenvalue weighted by Gasteiger charge is -2.10. The van der Waals surface area contributed by atoms with E-state index in [0.717, 1.165) is 22.3 Å². The van der Waals surface area contributed by atoms with Crippen LogP contribution in [0.1, 0.15) is 6.92 Å². The van der Waals surface area contributed by atoms with E-state index in [1.165, 1.54) is 0 Å². The molecule has 0 amide bonds. The summed E-state index contributed by atoms with van der Waals surface area (Å²) >= 11 is 7.05.